The Labute approximate surface area is 134 Å². The number of piperidine rings is 1. The average Bonchev–Trinajstić information content (AvgIpc) is 2.46. The lowest BCUT2D eigenvalue weighted by Crippen LogP contribution is -2.31. The molecule has 1 heterocycles. The van der Waals surface area contributed by atoms with E-state index in [0.29, 0.717) is 11.0 Å². The van der Waals surface area contributed by atoms with Crippen LogP contribution in [-0.4, -0.2) is 36.5 Å². The fourth-order valence-electron chi connectivity index (χ4n) is 2.70. The summed E-state index contributed by atoms with van der Waals surface area (Å²) in [7, 11) is 2.18. The third-order valence-corrected chi connectivity index (χ3v) is 4.77. The molecule has 0 aliphatic carbocycles. The van der Waals surface area contributed by atoms with Crippen LogP contribution in [0.4, 0.5) is 5.69 Å². The van der Waals surface area contributed by atoms with Crippen LogP contribution in [-0.2, 0) is 6.54 Å². The van der Waals surface area contributed by atoms with Crippen LogP contribution in [0.3, 0.4) is 0 Å². The van der Waals surface area contributed by atoms with Crippen LogP contribution < -0.4 is 5.32 Å². The maximum Gasteiger partial charge on any atom is 0.283 e. The van der Waals surface area contributed by atoms with E-state index in [-0.39, 0.29) is 10.6 Å². The van der Waals surface area contributed by atoms with Crippen molar-refractivity contribution in [3.05, 3.63) is 38.3 Å². The molecule has 0 radical (unpaired) electrons. The molecule has 116 valence electrons. The summed E-state index contributed by atoms with van der Waals surface area (Å²) >= 11 is 3.20. The van der Waals surface area contributed by atoms with Gasteiger partial charge < -0.3 is 10.2 Å². The lowest BCUT2D eigenvalue weighted by atomic mass is 9.94. The van der Waals surface area contributed by atoms with Crippen molar-refractivity contribution in [2.24, 2.45) is 5.92 Å². The first-order chi connectivity index (χ1) is 10.1. The standard InChI is InChI=1S/C15H22BrN3O2/c1-18-8-5-12(6-9-18)4-7-17-11-13-2-3-14(16)15(10-13)19(20)21/h2-3,10,12,17H,4-9,11H2,1H3. The van der Waals surface area contributed by atoms with Gasteiger partial charge in [0.1, 0.15) is 0 Å². The Morgan fingerprint density at radius 1 is 1.43 bits per heavy atom. The fourth-order valence-corrected chi connectivity index (χ4v) is 3.09. The molecule has 0 bridgehead atoms. The SMILES string of the molecule is CN1CCC(CCNCc2ccc(Br)c([N+](=O)[O-])c2)CC1. The second-order valence-electron chi connectivity index (χ2n) is 5.75. The summed E-state index contributed by atoms with van der Waals surface area (Å²) in [6, 6.07) is 5.29. The van der Waals surface area contributed by atoms with Crippen molar-refractivity contribution in [1.29, 1.82) is 0 Å². The lowest BCUT2D eigenvalue weighted by molar-refractivity contribution is -0.385. The minimum atomic E-state index is -0.355. The van der Waals surface area contributed by atoms with Gasteiger partial charge in [0.25, 0.3) is 5.69 Å². The first-order valence-electron chi connectivity index (χ1n) is 7.38. The molecule has 1 saturated heterocycles. The molecule has 1 N–H and O–H groups in total. The maximum absolute atomic E-state index is 10.9. The summed E-state index contributed by atoms with van der Waals surface area (Å²) in [6.45, 7) is 4.05. The van der Waals surface area contributed by atoms with E-state index >= 15 is 0 Å². The van der Waals surface area contributed by atoms with E-state index < -0.39 is 0 Å². The Kier molecular flexibility index (Phi) is 6.14. The highest BCUT2D eigenvalue weighted by atomic mass is 79.9. The number of nitrogens with zero attached hydrogens (tertiary/aromatic N) is 2. The molecular weight excluding hydrogens is 334 g/mol. The lowest BCUT2D eigenvalue weighted by Gasteiger charge is -2.28. The number of nitro benzene ring substituents is 1. The number of rotatable bonds is 6. The molecule has 1 aliphatic heterocycles. The highest BCUT2D eigenvalue weighted by molar-refractivity contribution is 9.10. The topological polar surface area (TPSA) is 58.4 Å². The highest BCUT2D eigenvalue weighted by Crippen LogP contribution is 2.25. The molecule has 1 aromatic carbocycles. The van der Waals surface area contributed by atoms with Crippen LogP contribution in [0.2, 0.25) is 0 Å². The molecule has 5 nitrogen and oxygen atoms in total. The van der Waals surface area contributed by atoms with Gasteiger partial charge in [-0.25, -0.2) is 0 Å². The number of nitro groups is 1. The maximum atomic E-state index is 10.9. The summed E-state index contributed by atoms with van der Waals surface area (Å²) in [5.74, 6) is 0.813. The number of nitrogens with one attached hydrogen (secondary N) is 1. The third kappa shape index (κ3) is 5.05. The Balaban J connectivity index is 1.73. The third-order valence-electron chi connectivity index (χ3n) is 4.10. The van der Waals surface area contributed by atoms with Gasteiger partial charge in [0.15, 0.2) is 0 Å². The monoisotopic (exact) mass is 355 g/mol. The zero-order valence-corrected chi connectivity index (χ0v) is 13.9. The van der Waals surface area contributed by atoms with Crippen molar-refractivity contribution in [2.45, 2.75) is 25.8 Å². The Morgan fingerprint density at radius 2 is 2.14 bits per heavy atom. The predicted molar refractivity (Wildman–Crippen MR) is 87.3 cm³/mol. The second-order valence-corrected chi connectivity index (χ2v) is 6.61. The van der Waals surface area contributed by atoms with Gasteiger partial charge in [-0.1, -0.05) is 6.07 Å². The summed E-state index contributed by atoms with van der Waals surface area (Å²) < 4.78 is 0.530. The van der Waals surface area contributed by atoms with Gasteiger partial charge in [-0.3, -0.25) is 10.1 Å². The van der Waals surface area contributed by atoms with Crippen LogP contribution in [0, 0.1) is 16.0 Å². The van der Waals surface area contributed by atoms with Crippen molar-refractivity contribution in [1.82, 2.24) is 10.2 Å². The number of benzene rings is 1. The molecule has 1 fully saturated rings. The van der Waals surface area contributed by atoms with Crippen molar-refractivity contribution in [2.75, 3.05) is 26.7 Å². The molecule has 0 aromatic heterocycles. The predicted octanol–water partition coefficient (Wildman–Crippen LogP) is 3.18. The van der Waals surface area contributed by atoms with Crippen LogP contribution in [0.15, 0.2) is 22.7 Å². The molecule has 1 aromatic rings. The van der Waals surface area contributed by atoms with E-state index in [1.54, 1.807) is 12.1 Å². The van der Waals surface area contributed by atoms with E-state index in [9.17, 15) is 10.1 Å². The molecule has 0 unspecified atom stereocenters. The van der Waals surface area contributed by atoms with Crippen LogP contribution in [0.1, 0.15) is 24.8 Å². The smallest absolute Gasteiger partial charge is 0.283 e. The minimum absolute atomic E-state index is 0.129. The van der Waals surface area contributed by atoms with Gasteiger partial charge in [0.2, 0.25) is 0 Å². The molecular formula is C15H22BrN3O2. The van der Waals surface area contributed by atoms with Crippen molar-refractivity contribution in [3.63, 3.8) is 0 Å². The van der Waals surface area contributed by atoms with E-state index in [2.05, 4.69) is 33.2 Å². The molecule has 0 amide bonds. The molecule has 1 aliphatic rings. The summed E-state index contributed by atoms with van der Waals surface area (Å²) in [5, 5.41) is 14.3. The summed E-state index contributed by atoms with van der Waals surface area (Å²) in [5.41, 5.74) is 1.08. The van der Waals surface area contributed by atoms with E-state index in [4.69, 9.17) is 0 Å². The zero-order chi connectivity index (χ0) is 15.2. The average molecular weight is 356 g/mol. The number of likely N-dealkylation sites (tertiary alicyclic amines) is 1. The molecule has 0 spiro atoms. The van der Waals surface area contributed by atoms with Gasteiger partial charge in [0.05, 0.1) is 9.40 Å². The number of hydrogen-bond acceptors (Lipinski definition) is 4. The van der Waals surface area contributed by atoms with Crippen molar-refractivity contribution >= 4 is 21.6 Å². The van der Waals surface area contributed by atoms with Crippen molar-refractivity contribution < 1.29 is 4.92 Å². The van der Waals surface area contributed by atoms with Crippen LogP contribution in [0.25, 0.3) is 0 Å². The Hall–Kier alpha value is -0.980. The summed E-state index contributed by atoms with van der Waals surface area (Å²) in [6.07, 6.45) is 3.75. The van der Waals surface area contributed by atoms with Crippen LogP contribution in [0.5, 0.6) is 0 Å². The van der Waals surface area contributed by atoms with E-state index in [1.807, 2.05) is 6.07 Å². The summed E-state index contributed by atoms with van der Waals surface area (Å²) in [4.78, 5) is 12.9. The largest absolute Gasteiger partial charge is 0.313 e. The molecule has 0 saturated carbocycles. The van der Waals surface area contributed by atoms with E-state index in [1.165, 1.54) is 32.4 Å². The first kappa shape index (κ1) is 16.4. The van der Waals surface area contributed by atoms with Crippen molar-refractivity contribution in [3.8, 4) is 0 Å². The molecule has 6 heteroatoms. The van der Waals surface area contributed by atoms with Gasteiger partial charge in [-0.15, -0.1) is 0 Å². The van der Waals surface area contributed by atoms with E-state index in [0.717, 1.165) is 18.0 Å². The Morgan fingerprint density at radius 3 is 2.81 bits per heavy atom. The normalized spacial score (nSPS) is 17.0. The molecule has 2 rings (SSSR count). The number of hydrogen-bond donors (Lipinski definition) is 1. The van der Waals surface area contributed by atoms with Gasteiger partial charge in [-0.2, -0.15) is 0 Å². The van der Waals surface area contributed by atoms with Crippen LogP contribution >= 0.6 is 15.9 Å². The Bertz CT molecular complexity index is 488. The second kappa shape index (κ2) is 7.87. The zero-order valence-electron chi connectivity index (χ0n) is 12.3. The quantitative estimate of drug-likeness (QED) is 0.483. The molecule has 0 atom stereocenters. The van der Waals surface area contributed by atoms with Gasteiger partial charge >= 0.3 is 0 Å². The van der Waals surface area contributed by atoms with Gasteiger partial charge in [0, 0.05) is 12.6 Å². The minimum Gasteiger partial charge on any atom is -0.313 e. The number of halogens is 1. The van der Waals surface area contributed by atoms with Gasteiger partial charge in [-0.05, 0) is 79.4 Å². The first-order valence-corrected chi connectivity index (χ1v) is 8.17. The highest BCUT2D eigenvalue weighted by Gasteiger charge is 2.16. The fraction of sp³-hybridized carbons (Fsp3) is 0.600. The molecule has 21 heavy (non-hydrogen) atoms.